The van der Waals surface area contributed by atoms with Crippen LogP contribution in [0, 0.1) is 5.21 Å². The van der Waals surface area contributed by atoms with Gasteiger partial charge in [-0.1, -0.05) is 40.5 Å². The van der Waals surface area contributed by atoms with Gasteiger partial charge in [0.25, 0.3) is 0 Å². The van der Waals surface area contributed by atoms with E-state index in [0.717, 1.165) is 5.56 Å². The zero-order valence-corrected chi connectivity index (χ0v) is 22.4. The van der Waals surface area contributed by atoms with Gasteiger partial charge in [-0.25, -0.2) is 14.5 Å². The first kappa shape index (κ1) is 25.8. The smallest absolute Gasteiger partial charge is 0.411 e. The zero-order chi connectivity index (χ0) is 28.0. The van der Waals surface area contributed by atoms with Gasteiger partial charge in [-0.15, -0.1) is 5.10 Å². The summed E-state index contributed by atoms with van der Waals surface area (Å²) >= 11 is 12.3. The van der Waals surface area contributed by atoms with E-state index in [4.69, 9.17) is 23.2 Å². The van der Waals surface area contributed by atoms with Crippen molar-refractivity contribution in [2.45, 2.75) is 18.4 Å². The molecule has 1 amide bonds. The zero-order valence-electron chi connectivity index (χ0n) is 20.9. The minimum atomic E-state index is -1.61. The number of methoxy groups -OCH3 is 1. The summed E-state index contributed by atoms with van der Waals surface area (Å²) in [6.07, 6.45) is 4.71. The van der Waals surface area contributed by atoms with Gasteiger partial charge in [0.15, 0.2) is 11.3 Å². The fourth-order valence-electron chi connectivity index (χ4n) is 4.96. The van der Waals surface area contributed by atoms with E-state index in [-0.39, 0.29) is 23.1 Å². The number of pyridine rings is 1. The second-order valence-corrected chi connectivity index (χ2v) is 10.1. The van der Waals surface area contributed by atoms with Crippen LogP contribution in [0.15, 0.2) is 67.1 Å². The molecule has 0 unspecified atom stereocenters. The molecule has 40 heavy (non-hydrogen) atoms. The van der Waals surface area contributed by atoms with Gasteiger partial charge in [0.05, 0.1) is 30.9 Å². The summed E-state index contributed by atoms with van der Waals surface area (Å²) in [4.78, 5) is 19.0. The molecule has 0 spiro atoms. The second-order valence-electron chi connectivity index (χ2n) is 9.28. The molecule has 0 saturated heterocycles. The molecule has 0 fully saturated rings. The molecule has 3 heterocycles. The highest BCUT2D eigenvalue weighted by atomic mass is 35.5. The van der Waals surface area contributed by atoms with Crippen LogP contribution in [0.2, 0.25) is 10.2 Å². The predicted molar refractivity (Wildman–Crippen MR) is 147 cm³/mol. The maximum Gasteiger partial charge on any atom is 0.411 e. The van der Waals surface area contributed by atoms with E-state index in [0.29, 0.717) is 49.9 Å². The number of hydrogen-bond acceptors (Lipinski definition) is 7. The average Bonchev–Trinajstić information content (AvgIpc) is 3.69. The summed E-state index contributed by atoms with van der Waals surface area (Å²) in [6, 6.07) is 14.1. The number of aryl methyl sites for hydroxylation is 1. The van der Waals surface area contributed by atoms with E-state index in [9.17, 15) is 15.1 Å². The lowest BCUT2D eigenvalue weighted by Gasteiger charge is -2.20. The summed E-state index contributed by atoms with van der Waals surface area (Å²) in [5.74, 6) is 0.260. The summed E-state index contributed by atoms with van der Waals surface area (Å²) in [7, 11) is 1.29. The van der Waals surface area contributed by atoms with Crippen molar-refractivity contribution < 1.29 is 19.4 Å². The van der Waals surface area contributed by atoms with Crippen molar-refractivity contribution in [3.05, 3.63) is 99.6 Å². The van der Waals surface area contributed by atoms with Crippen molar-refractivity contribution in [1.82, 2.24) is 25.0 Å². The molecule has 6 rings (SSSR count). The number of H-pyrrole nitrogens is 1. The number of halogens is 2. The van der Waals surface area contributed by atoms with Crippen LogP contribution in [0.4, 0.5) is 10.5 Å². The van der Waals surface area contributed by atoms with Gasteiger partial charge in [0.1, 0.15) is 5.82 Å². The van der Waals surface area contributed by atoms with Crippen LogP contribution >= 0.6 is 23.2 Å². The highest BCUT2D eigenvalue weighted by molar-refractivity contribution is 6.31. The Bertz CT molecular complexity index is 1750. The first-order valence-electron chi connectivity index (χ1n) is 12.1. The number of fused-ring (bicyclic) bond motifs is 1. The Labute approximate surface area is 237 Å². The number of hydrogen-bond donors (Lipinski definition) is 3. The Morgan fingerprint density at radius 2 is 2.00 bits per heavy atom. The number of carbonyl (C=O) groups excluding carboxylic acids is 1. The van der Waals surface area contributed by atoms with E-state index in [2.05, 4.69) is 30.3 Å². The van der Waals surface area contributed by atoms with Crippen LogP contribution in [0.25, 0.3) is 28.1 Å². The third kappa shape index (κ3) is 4.53. The van der Waals surface area contributed by atoms with Crippen molar-refractivity contribution in [2.75, 3.05) is 12.4 Å². The number of rotatable bonds is 5. The predicted octanol–water partition coefficient (Wildman–Crippen LogP) is 4.63. The average molecular weight is 578 g/mol. The van der Waals surface area contributed by atoms with Crippen molar-refractivity contribution in [3.8, 4) is 28.1 Å². The number of nitrogens with one attached hydrogen (secondary N) is 2. The Balaban J connectivity index is 1.34. The van der Waals surface area contributed by atoms with Crippen LogP contribution < -0.4 is 10.0 Å². The molecule has 0 radical (unpaired) electrons. The quantitative estimate of drug-likeness (QED) is 0.204. The lowest BCUT2D eigenvalue weighted by atomic mass is 9.98. The molecule has 1 atom stereocenters. The molecular formula is C27H21Cl2N7O4. The highest BCUT2D eigenvalue weighted by Crippen LogP contribution is 2.41. The number of aromatic nitrogens is 6. The molecule has 0 saturated carbocycles. The molecule has 2 aromatic carbocycles. The van der Waals surface area contributed by atoms with E-state index in [1.54, 1.807) is 54.9 Å². The Morgan fingerprint density at radius 1 is 1.20 bits per heavy atom. The minimum absolute atomic E-state index is 0.210. The maximum atomic E-state index is 13.4. The van der Waals surface area contributed by atoms with Crippen molar-refractivity contribution in [2.24, 2.45) is 0 Å². The normalized spacial score (nSPS) is 16.1. The van der Waals surface area contributed by atoms with Crippen molar-refractivity contribution in [1.29, 1.82) is 0 Å². The molecule has 1 aliphatic rings. The van der Waals surface area contributed by atoms with E-state index in [1.165, 1.54) is 18.0 Å². The number of nitrogens with zero attached hydrogens (tertiary/aromatic N) is 5. The maximum absolute atomic E-state index is 13.4. The third-order valence-corrected chi connectivity index (χ3v) is 7.24. The molecule has 13 heteroatoms. The number of anilines is 1. The standard InChI is InChI=1S/C27H21Cl2N7O4/c1-40-26(37)31-19-5-2-15(3-6-19)21-12-30-25(32-21)27(38)9-8-16-10-17(13-36(39)24(16)27)20-11-18(28)4-7-22(20)35-14-23(29)33-34-35/h2-7,10-14,38H,8-9H2,1H3,(H,30,32)(H,31,37)/t27-/m0/s1. The van der Waals surface area contributed by atoms with Crippen LogP contribution in [0.1, 0.15) is 23.5 Å². The molecule has 3 aromatic heterocycles. The number of benzene rings is 2. The van der Waals surface area contributed by atoms with Gasteiger partial charge < -0.3 is 20.0 Å². The topological polar surface area (TPSA) is 145 Å². The van der Waals surface area contributed by atoms with Gasteiger partial charge >= 0.3 is 6.09 Å². The van der Waals surface area contributed by atoms with Crippen LogP contribution in [-0.2, 0) is 16.8 Å². The summed E-state index contributed by atoms with van der Waals surface area (Å²) in [5.41, 5.74) is 3.17. The van der Waals surface area contributed by atoms with Crippen molar-refractivity contribution >= 4 is 35.0 Å². The number of imidazole rings is 1. The largest absolute Gasteiger partial charge is 0.618 e. The summed E-state index contributed by atoms with van der Waals surface area (Å²) in [5, 5.41) is 36.3. The van der Waals surface area contributed by atoms with Gasteiger partial charge in [-0.3, -0.25) is 5.32 Å². The molecule has 3 N–H and O–H groups in total. The monoisotopic (exact) mass is 577 g/mol. The number of ether oxygens (including phenoxy) is 1. The fourth-order valence-corrected chi connectivity index (χ4v) is 5.25. The van der Waals surface area contributed by atoms with E-state index < -0.39 is 11.7 Å². The summed E-state index contributed by atoms with van der Waals surface area (Å²) < 4.78 is 6.80. The molecule has 1 aliphatic carbocycles. The Morgan fingerprint density at radius 3 is 2.73 bits per heavy atom. The van der Waals surface area contributed by atoms with Gasteiger partial charge in [0, 0.05) is 27.4 Å². The number of aromatic amines is 1. The first-order valence-corrected chi connectivity index (χ1v) is 12.9. The van der Waals surface area contributed by atoms with Crippen LogP contribution in [0.3, 0.4) is 0 Å². The second kappa shape index (κ2) is 9.94. The SMILES string of the molecule is COC(=O)Nc1ccc(-c2cnc([C@]3(O)CCc4cc(-c5cc(Cl)ccc5-n5cc(Cl)nn5)c[n+]([O-])c43)[nH]2)cc1. The number of aliphatic hydroxyl groups is 1. The number of carbonyl (C=O) groups is 1. The number of amides is 1. The van der Waals surface area contributed by atoms with Crippen LogP contribution in [-0.4, -0.2) is 43.3 Å². The minimum Gasteiger partial charge on any atom is -0.618 e. The molecule has 11 nitrogen and oxygen atoms in total. The van der Waals surface area contributed by atoms with Crippen molar-refractivity contribution in [3.63, 3.8) is 0 Å². The Kier molecular flexibility index (Phi) is 6.41. The molecule has 5 aromatic rings. The van der Waals surface area contributed by atoms with Crippen LogP contribution in [0.5, 0.6) is 0 Å². The third-order valence-electron chi connectivity index (χ3n) is 6.84. The molecule has 202 valence electrons. The molecule has 0 bridgehead atoms. The fraction of sp³-hybridized carbons (Fsp3) is 0.148. The lowest BCUT2D eigenvalue weighted by Crippen LogP contribution is -2.42. The highest BCUT2D eigenvalue weighted by Gasteiger charge is 2.48. The molecule has 0 aliphatic heterocycles. The van der Waals surface area contributed by atoms with E-state index >= 15 is 0 Å². The van der Waals surface area contributed by atoms with Gasteiger partial charge in [-0.2, -0.15) is 4.73 Å². The van der Waals surface area contributed by atoms with E-state index in [1.807, 2.05) is 6.07 Å². The summed E-state index contributed by atoms with van der Waals surface area (Å²) in [6.45, 7) is 0. The van der Waals surface area contributed by atoms with Gasteiger partial charge in [-0.05, 0) is 54.8 Å². The van der Waals surface area contributed by atoms with Gasteiger partial charge in [0.2, 0.25) is 11.3 Å². The Hall–Kier alpha value is -4.45. The molecular weight excluding hydrogens is 557 g/mol. The lowest BCUT2D eigenvalue weighted by molar-refractivity contribution is -0.620. The first-order chi connectivity index (χ1) is 19.2.